The highest BCUT2D eigenvalue weighted by atomic mass is 127. The molecule has 0 spiro atoms. The molecule has 0 bridgehead atoms. The van der Waals surface area contributed by atoms with Crippen LogP contribution >= 0.6 is 35.0 Å². The summed E-state index contributed by atoms with van der Waals surface area (Å²) in [5.41, 5.74) is 0.609. The molecular formula is C9H15ClIN3O. The van der Waals surface area contributed by atoms with Gasteiger partial charge in [-0.2, -0.15) is 0 Å². The van der Waals surface area contributed by atoms with Gasteiger partial charge in [0.2, 0.25) is 0 Å². The number of hydrogen-bond acceptors (Lipinski definition) is 2. The van der Waals surface area contributed by atoms with Crippen LogP contribution in [-0.2, 0) is 0 Å². The topological polar surface area (TPSA) is 56.9 Å². The van der Waals surface area contributed by atoms with Crippen molar-refractivity contribution in [3.8, 4) is 0 Å². The van der Waals surface area contributed by atoms with Crippen molar-refractivity contribution in [1.29, 1.82) is 0 Å². The quantitative estimate of drug-likeness (QED) is 0.724. The molecule has 1 unspecified atom stereocenters. The maximum absolute atomic E-state index is 11.5. The molecule has 1 atom stereocenters. The van der Waals surface area contributed by atoms with Crippen molar-refractivity contribution in [2.24, 2.45) is 0 Å². The molecule has 0 aromatic carbocycles. The number of likely N-dealkylation sites (N-methyl/N-ethyl adjacent to an activating group) is 1. The number of hydrogen-bond donors (Lipinski definition) is 3. The van der Waals surface area contributed by atoms with Gasteiger partial charge in [-0.3, -0.25) is 4.79 Å². The lowest BCUT2D eigenvalue weighted by molar-refractivity contribution is 0.0946. The van der Waals surface area contributed by atoms with Gasteiger partial charge in [-0.05, 0) is 42.6 Å². The summed E-state index contributed by atoms with van der Waals surface area (Å²) in [6.07, 6.45) is 1.80. The summed E-state index contributed by atoms with van der Waals surface area (Å²) in [5, 5.41) is 5.88. The molecule has 1 aromatic rings. The van der Waals surface area contributed by atoms with Crippen LogP contribution in [0.3, 0.4) is 0 Å². The van der Waals surface area contributed by atoms with Crippen molar-refractivity contribution in [2.45, 2.75) is 13.0 Å². The number of rotatable bonds is 4. The van der Waals surface area contributed by atoms with Gasteiger partial charge in [-0.25, -0.2) is 0 Å². The van der Waals surface area contributed by atoms with Crippen molar-refractivity contribution >= 4 is 40.9 Å². The van der Waals surface area contributed by atoms with Gasteiger partial charge in [0.15, 0.2) is 0 Å². The van der Waals surface area contributed by atoms with E-state index in [0.29, 0.717) is 12.2 Å². The zero-order chi connectivity index (χ0) is 10.6. The van der Waals surface area contributed by atoms with Crippen molar-refractivity contribution < 1.29 is 4.79 Å². The summed E-state index contributed by atoms with van der Waals surface area (Å²) in [4.78, 5) is 14.4. The zero-order valence-electron chi connectivity index (χ0n) is 8.63. The van der Waals surface area contributed by atoms with Crippen LogP contribution in [0.15, 0.2) is 12.3 Å². The van der Waals surface area contributed by atoms with Crippen molar-refractivity contribution in [3.05, 3.63) is 21.5 Å². The van der Waals surface area contributed by atoms with Gasteiger partial charge >= 0.3 is 0 Å². The average Bonchev–Trinajstić information content (AvgIpc) is 2.60. The largest absolute Gasteiger partial charge is 0.356 e. The van der Waals surface area contributed by atoms with E-state index in [2.05, 4.69) is 38.2 Å². The van der Waals surface area contributed by atoms with Crippen LogP contribution in [-0.4, -0.2) is 30.5 Å². The van der Waals surface area contributed by atoms with Crippen molar-refractivity contribution in [3.63, 3.8) is 0 Å². The van der Waals surface area contributed by atoms with E-state index in [-0.39, 0.29) is 24.4 Å². The lowest BCUT2D eigenvalue weighted by Crippen LogP contribution is -2.37. The minimum Gasteiger partial charge on any atom is -0.356 e. The molecule has 0 saturated carbocycles. The number of halogens is 2. The van der Waals surface area contributed by atoms with E-state index < -0.39 is 0 Å². The fourth-order valence-corrected chi connectivity index (χ4v) is 1.41. The minimum absolute atomic E-state index is 0. The molecular weight excluding hydrogens is 328 g/mol. The number of H-pyrrole nitrogens is 1. The molecule has 0 fully saturated rings. The van der Waals surface area contributed by atoms with Gasteiger partial charge in [0.25, 0.3) is 5.91 Å². The third kappa shape index (κ3) is 4.85. The lowest BCUT2D eigenvalue weighted by Gasteiger charge is -2.10. The highest BCUT2D eigenvalue weighted by molar-refractivity contribution is 14.1. The number of aromatic amines is 1. The Kier molecular flexibility index (Phi) is 6.95. The minimum atomic E-state index is -0.0602. The Bertz CT molecular complexity index is 316. The summed E-state index contributed by atoms with van der Waals surface area (Å²) in [6, 6.07) is 2.10. The molecule has 0 aliphatic rings. The van der Waals surface area contributed by atoms with Crippen LogP contribution in [0.5, 0.6) is 0 Å². The number of amides is 1. The Morgan fingerprint density at radius 1 is 1.67 bits per heavy atom. The maximum atomic E-state index is 11.5. The summed E-state index contributed by atoms with van der Waals surface area (Å²) in [7, 11) is 1.87. The van der Waals surface area contributed by atoms with Crippen LogP contribution < -0.4 is 10.6 Å². The first-order valence-electron chi connectivity index (χ1n) is 4.43. The monoisotopic (exact) mass is 343 g/mol. The Morgan fingerprint density at radius 3 is 2.80 bits per heavy atom. The van der Waals surface area contributed by atoms with E-state index in [0.717, 1.165) is 3.57 Å². The molecule has 86 valence electrons. The van der Waals surface area contributed by atoms with Gasteiger partial charge in [0.1, 0.15) is 5.69 Å². The second-order valence-corrected chi connectivity index (χ2v) is 4.38. The van der Waals surface area contributed by atoms with Gasteiger partial charge in [-0.15, -0.1) is 12.4 Å². The summed E-state index contributed by atoms with van der Waals surface area (Å²) in [6.45, 7) is 2.64. The van der Waals surface area contributed by atoms with Gasteiger partial charge in [0, 0.05) is 22.4 Å². The van der Waals surface area contributed by atoms with E-state index in [9.17, 15) is 4.79 Å². The van der Waals surface area contributed by atoms with Crippen LogP contribution in [0.1, 0.15) is 17.4 Å². The normalized spacial score (nSPS) is 11.7. The summed E-state index contributed by atoms with van der Waals surface area (Å²) >= 11 is 2.16. The second-order valence-electron chi connectivity index (χ2n) is 3.13. The standard InChI is InChI=1S/C9H14IN3O.ClH/c1-6(11-2)4-13-9(14)8-3-7(10)5-12-8;/h3,5-6,11-12H,4H2,1-2H3,(H,13,14);1H. The predicted molar refractivity (Wildman–Crippen MR) is 71.6 cm³/mol. The van der Waals surface area contributed by atoms with Crippen molar-refractivity contribution in [2.75, 3.05) is 13.6 Å². The maximum Gasteiger partial charge on any atom is 0.267 e. The molecule has 15 heavy (non-hydrogen) atoms. The van der Waals surface area contributed by atoms with E-state index >= 15 is 0 Å². The first-order chi connectivity index (χ1) is 6.63. The molecule has 3 N–H and O–H groups in total. The molecule has 4 nitrogen and oxygen atoms in total. The smallest absolute Gasteiger partial charge is 0.267 e. The number of carbonyl (C=O) groups is 1. The molecule has 0 saturated heterocycles. The van der Waals surface area contributed by atoms with Crippen LogP contribution in [0.2, 0.25) is 0 Å². The molecule has 0 aliphatic carbocycles. The van der Waals surface area contributed by atoms with Crippen molar-refractivity contribution in [1.82, 2.24) is 15.6 Å². The summed E-state index contributed by atoms with van der Waals surface area (Å²) in [5.74, 6) is -0.0602. The Balaban J connectivity index is 0.00000196. The molecule has 0 radical (unpaired) electrons. The van der Waals surface area contributed by atoms with Crippen LogP contribution in [0.4, 0.5) is 0 Å². The Labute approximate surface area is 109 Å². The summed E-state index contributed by atoms with van der Waals surface area (Å²) < 4.78 is 1.04. The van der Waals surface area contributed by atoms with E-state index in [1.54, 1.807) is 6.20 Å². The SMILES string of the molecule is CNC(C)CNC(=O)c1cc(I)c[nH]1.Cl. The number of aromatic nitrogens is 1. The zero-order valence-corrected chi connectivity index (χ0v) is 11.6. The molecule has 1 heterocycles. The number of nitrogens with one attached hydrogen (secondary N) is 3. The fourth-order valence-electron chi connectivity index (χ4n) is 0.942. The van der Waals surface area contributed by atoms with E-state index in [1.165, 1.54) is 0 Å². The number of carbonyl (C=O) groups excluding carboxylic acids is 1. The Morgan fingerprint density at radius 2 is 2.33 bits per heavy atom. The first kappa shape index (κ1) is 14.7. The fraction of sp³-hybridized carbons (Fsp3) is 0.444. The van der Waals surface area contributed by atoms with Gasteiger partial charge in [-0.1, -0.05) is 0 Å². The third-order valence-electron chi connectivity index (χ3n) is 1.95. The molecule has 1 rings (SSSR count). The highest BCUT2D eigenvalue weighted by Gasteiger charge is 2.07. The van der Waals surface area contributed by atoms with E-state index in [1.807, 2.05) is 20.0 Å². The third-order valence-corrected chi connectivity index (χ3v) is 2.58. The average molecular weight is 344 g/mol. The van der Waals surface area contributed by atoms with E-state index in [4.69, 9.17) is 0 Å². The molecule has 6 heteroatoms. The highest BCUT2D eigenvalue weighted by Crippen LogP contribution is 2.05. The lowest BCUT2D eigenvalue weighted by atomic mass is 10.3. The predicted octanol–water partition coefficient (Wildman–Crippen LogP) is 1.38. The van der Waals surface area contributed by atoms with Crippen LogP contribution in [0.25, 0.3) is 0 Å². The Hall–Kier alpha value is -0.270. The molecule has 1 amide bonds. The molecule has 0 aliphatic heterocycles. The van der Waals surface area contributed by atoms with Crippen LogP contribution in [0, 0.1) is 3.57 Å². The van der Waals surface area contributed by atoms with Gasteiger partial charge < -0.3 is 15.6 Å². The molecule has 1 aromatic heterocycles. The second kappa shape index (κ2) is 7.08. The first-order valence-corrected chi connectivity index (χ1v) is 5.50. The van der Waals surface area contributed by atoms with Gasteiger partial charge in [0.05, 0.1) is 0 Å².